The number of ether oxygens (including phenoxy) is 1. The number of aromatic nitrogens is 2. The van der Waals surface area contributed by atoms with Gasteiger partial charge in [0.15, 0.2) is 0 Å². The third-order valence-corrected chi connectivity index (χ3v) is 8.11. The number of benzene rings is 2. The van der Waals surface area contributed by atoms with Gasteiger partial charge in [0.05, 0.1) is 11.0 Å². The number of methoxy groups -OCH3 is 1. The highest BCUT2D eigenvalue weighted by Crippen LogP contribution is 2.30. The molecule has 10 heteroatoms. The Bertz CT molecular complexity index is 1370. The molecule has 2 atom stereocenters. The van der Waals surface area contributed by atoms with Crippen LogP contribution in [0.15, 0.2) is 48.5 Å². The maximum absolute atomic E-state index is 13.5. The molecule has 2 N–H and O–H groups in total. The summed E-state index contributed by atoms with van der Waals surface area (Å²) in [6.07, 6.45) is 3.43. The van der Waals surface area contributed by atoms with E-state index in [4.69, 9.17) is 9.72 Å². The standard InChI is InChI=1S/C31H39N5O5/c1-41-18-6-17-36-27-9-3-2-8-26(27)33-30(36)23-7-4-15-34(21-23)29(38)20-24(32-31(39)40)19-22-11-13-25(14-12-22)35-16-5-10-28(35)37/h2-3,8-9,11-14,23-24,32H,4-7,10,15-21H2,1H3,(H,39,40). The highest BCUT2D eigenvalue weighted by atomic mass is 16.5. The maximum atomic E-state index is 13.5. The summed E-state index contributed by atoms with van der Waals surface area (Å²) in [6, 6.07) is 15.2. The van der Waals surface area contributed by atoms with E-state index >= 15 is 0 Å². The molecule has 0 radical (unpaired) electrons. The van der Waals surface area contributed by atoms with Gasteiger partial charge >= 0.3 is 6.09 Å². The van der Waals surface area contributed by atoms with E-state index in [-0.39, 0.29) is 24.2 Å². The highest BCUT2D eigenvalue weighted by Gasteiger charge is 2.30. The molecule has 2 aliphatic rings. The normalized spacial score (nSPS) is 18.2. The van der Waals surface area contributed by atoms with Crippen LogP contribution in [0.2, 0.25) is 0 Å². The molecule has 0 bridgehead atoms. The van der Waals surface area contributed by atoms with Crippen LogP contribution in [0.3, 0.4) is 0 Å². The number of carbonyl (C=O) groups excluding carboxylic acids is 2. The lowest BCUT2D eigenvalue weighted by atomic mass is 9.95. The number of nitrogens with zero attached hydrogens (tertiary/aromatic N) is 4. The number of hydrogen-bond acceptors (Lipinski definition) is 5. The minimum atomic E-state index is -1.15. The molecule has 3 heterocycles. The Morgan fingerprint density at radius 3 is 2.66 bits per heavy atom. The predicted octanol–water partition coefficient (Wildman–Crippen LogP) is 4.17. The van der Waals surface area contributed by atoms with Gasteiger partial charge in [-0.3, -0.25) is 9.59 Å². The minimum Gasteiger partial charge on any atom is -0.465 e. The van der Waals surface area contributed by atoms with Crippen molar-refractivity contribution in [1.29, 1.82) is 0 Å². The summed E-state index contributed by atoms with van der Waals surface area (Å²) in [4.78, 5) is 45.8. The second-order valence-corrected chi connectivity index (χ2v) is 11.0. The summed E-state index contributed by atoms with van der Waals surface area (Å²) in [5.41, 5.74) is 3.80. The van der Waals surface area contributed by atoms with E-state index in [0.717, 1.165) is 66.9 Å². The number of fused-ring (bicyclic) bond motifs is 1. The summed E-state index contributed by atoms with van der Waals surface area (Å²) in [7, 11) is 1.70. The van der Waals surface area contributed by atoms with Crippen molar-refractivity contribution in [3.63, 3.8) is 0 Å². The molecule has 10 nitrogen and oxygen atoms in total. The molecule has 2 fully saturated rings. The number of hydrogen-bond donors (Lipinski definition) is 2. The Labute approximate surface area is 240 Å². The van der Waals surface area contributed by atoms with E-state index < -0.39 is 12.1 Å². The lowest BCUT2D eigenvalue weighted by Crippen LogP contribution is -2.44. The van der Waals surface area contributed by atoms with Crippen molar-refractivity contribution in [1.82, 2.24) is 19.8 Å². The van der Waals surface area contributed by atoms with E-state index in [2.05, 4.69) is 16.0 Å². The van der Waals surface area contributed by atoms with Crippen molar-refractivity contribution in [2.75, 3.05) is 38.3 Å². The number of nitrogens with one attached hydrogen (secondary N) is 1. The molecule has 218 valence electrons. The third-order valence-electron chi connectivity index (χ3n) is 8.11. The molecule has 3 aromatic rings. The minimum absolute atomic E-state index is 0.0604. The largest absolute Gasteiger partial charge is 0.465 e. The predicted molar refractivity (Wildman–Crippen MR) is 156 cm³/mol. The molecule has 2 aliphatic heterocycles. The summed E-state index contributed by atoms with van der Waals surface area (Å²) in [6.45, 7) is 3.39. The molecule has 1 aromatic heterocycles. The fraction of sp³-hybridized carbons (Fsp3) is 0.484. The summed E-state index contributed by atoms with van der Waals surface area (Å²) >= 11 is 0. The quantitative estimate of drug-likeness (QED) is 0.340. The molecule has 5 rings (SSSR count). The van der Waals surface area contributed by atoms with Crippen LogP contribution in [0.1, 0.15) is 55.8 Å². The zero-order chi connectivity index (χ0) is 28.8. The lowest BCUT2D eigenvalue weighted by molar-refractivity contribution is -0.133. The summed E-state index contributed by atoms with van der Waals surface area (Å²) in [5.74, 6) is 1.17. The zero-order valence-electron chi connectivity index (χ0n) is 23.6. The fourth-order valence-corrected chi connectivity index (χ4v) is 6.13. The van der Waals surface area contributed by atoms with Crippen LogP contribution in [0.5, 0.6) is 0 Å². The second-order valence-electron chi connectivity index (χ2n) is 11.0. The number of anilines is 1. The molecule has 3 amide bonds. The van der Waals surface area contributed by atoms with Crippen LogP contribution in [-0.4, -0.2) is 76.9 Å². The van der Waals surface area contributed by atoms with Crippen LogP contribution in [0.25, 0.3) is 11.0 Å². The van der Waals surface area contributed by atoms with Crippen molar-refractivity contribution in [2.45, 2.75) is 63.5 Å². The van der Waals surface area contributed by atoms with Crippen molar-refractivity contribution < 1.29 is 24.2 Å². The Hall–Kier alpha value is -3.92. The van der Waals surface area contributed by atoms with Crippen molar-refractivity contribution in [2.24, 2.45) is 0 Å². The molecule has 2 aromatic carbocycles. The average molecular weight is 562 g/mol. The monoisotopic (exact) mass is 561 g/mol. The summed E-state index contributed by atoms with van der Waals surface area (Å²) in [5, 5.41) is 12.0. The molecule has 0 aliphatic carbocycles. The number of amides is 3. The number of carbonyl (C=O) groups is 3. The average Bonchev–Trinajstić information content (AvgIpc) is 3.57. The van der Waals surface area contributed by atoms with Crippen molar-refractivity contribution in [3.05, 3.63) is 59.9 Å². The number of imidazole rings is 1. The van der Waals surface area contributed by atoms with Crippen LogP contribution >= 0.6 is 0 Å². The number of rotatable bonds is 11. The first-order valence-electron chi connectivity index (χ1n) is 14.5. The van der Waals surface area contributed by atoms with Gasteiger partial charge in [-0.15, -0.1) is 0 Å². The van der Waals surface area contributed by atoms with Crippen LogP contribution in [0, 0.1) is 0 Å². The van der Waals surface area contributed by atoms with Crippen LogP contribution in [-0.2, 0) is 27.3 Å². The SMILES string of the molecule is COCCCn1c(C2CCCN(C(=O)CC(Cc3ccc(N4CCCC4=O)cc3)NC(=O)O)C2)nc2ccccc21. The highest BCUT2D eigenvalue weighted by molar-refractivity contribution is 5.95. The first kappa shape index (κ1) is 28.6. The Morgan fingerprint density at radius 1 is 1.12 bits per heavy atom. The molecule has 41 heavy (non-hydrogen) atoms. The first-order chi connectivity index (χ1) is 19.9. The van der Waals surface area contributed by atoms with Gasteiger partial charge in [0.2, 0.25) is 11.8 Å². The Morgan fingerprint density at radius 2 is 1.93 bits per heavy atom. The fourth-order valence-electron chi connectivity index (χ4n) is 6.13. The lowest BCUT2D eigenvalue weighted by Gasteiger charge is -2.33. The van der Waals surface area contributed by atoms with E-state index in [1.807, 2.05) is 47.4 Å². The number of aryl methyl sites for hydroxylation is 1. The summed E-state index contributed by atoms with van der Waals surface area (Å²) < 4.78 is 7.54. The molecular formula is C31H39N5O5. The molecular weight excluding hydrogens is 522 g/mol. The number of likely N-dealkylation sites (tertiary alicyclic amines) is 1. The van der Waals surface area contributed by atoms with Gasteiger partial charge in [-0.25, -0.2) is 9.78 Å². The van der Waals surface area contributed by atoms with E-state index in [1.165, 1.54) is 0 Å². The molecule has 0 spiro atoms. The van der Waals surface area contributed by atoms with E-state index in [1.54, 1.807) is 12.0 Å². The van der Waals surface area contributed by atoms with Crippen LogP contribution in [0.4, 0.5) is 10.5 Å². The topological polar surface area (TPSA) is 117 Å². The first-order valence-corrected chi connectivity index (χ1v) is 14.5. The van der Waals surface area contributed by atoms with Gasteiger partial charge in [-0.2, -0.15) is 0 Å². The van der Waals surface area contributed by atoms with Gasteiger partial charge in [0.25, 0.3) is 0 Å². The number of carboxylic acid groups (broad SMARTS) is 1. The van der Waals surface area contributed by atoms with E-state index in [9.17, 15) is 19.5 Å². The second kappa shape index (κ2) is 13.2. The zero-order valence-corrected chi connectivity index (χ0v) is 23.6. The number of para-hydroxylation sites is 2. The van der Waals surface area contributed by atoms with Gasteiger partial charge < -0.3 is 29.5 Å². The Kier molecular flexibility index (Phi) is 9.18. The van der Waals surface area contributed by atoms with Gasteiger partial charge in [-0.1, -0.05) is 24.3 Å². The Balaban J connectivity index is 1.26. The van der Waals surface area contributed by atoms with Crippen molar-refractivity contribution >= 4 is 34.6 Å². The maximum Gasteiger partial charge on any atom is 0.404 e. The molecule has 0 saturated carbocycles. The molecule has 2 saturated heterocycles. The number of piperidine rings is 1. The smallest absolute Gasteiger partial charge is 0.404 e. The van der Waals surface area contributed by atoms with Crippen molar-refractivity contribution in [3.8, 4) is 0 Å². The van der Waals surface area contributed by atoms with Crippen LogP contribution < -0.4 is 10.2 Å². The van der Waals surface area contributed by atoms with Gasteiger partial charge in [-0.05, 0) is 61.9 Å². The van der Waals surface area contributed by atoms with Gasteiger partial charge in [0.1, 0.15) is 5.82 Å². The molecule has 2 unspecified atom stereocenters. The van der Waals surface area contributed by atoms with Gasteiger partial charge in [0, 0.05) is 70.4 Å². The third kappa shape index (κ3) is 6.87. The van der Waals surface area contributed by atoms with E-state index in [0.29, 0.717) is 32.5 Å².